The van der Waals surface area contributed by atoms with Crippen molar-refractivity contribution in [1.29, 1.82) is 0 Å². The van der Waals surface area contributed by atoms with E-state index in [1.807, 2.05) is 56.3 Å². The van der Waals surface area contributed by atoms with Gasteiger partial charge in [-0.05, 0) is 48.4 Å². The van der Waals surface area contributed by atoms with Crippen LogP contribution in [0.3, 0.4) is 0 Å². The predicted octanol–water partition coefficient (Wildman–Crippen LogP) is 3.09. The fourth-order valence-corrected chi connectivity index (χ4v) is 3.71. The molecule has 1 atom stereocenters. The lowest BCUT2D eigenvalue weighted by atomic mass is 9.94. The van der Waals surface area contributed by atoms with Gasteiger partial charge in [0.15, 0.2) is 0 Å². The van der Waals surface area contributed by atoms with E-state index >= 15 is 0 Å². The van der Waals surface area contributed by atoms with Gasteiger partial charge in [0.2, 0.25) is 5.91 Å². The number of rotatable bonds is 5. The van der Waals surface area contributed by atoms with E-state index in [4.69, 9.17) is 0 Å². The van der Waals surface area contributed by atoms with Crippen LogP contribution >= 0.6 is 0 Å². The molecule has 27 heavy (non-hydrogen) atoms. The van der Waals surface area contributed by atoms with Crippen LogP contribution in [-0.4, -0.2) is 24.9 Å². The number of aryl methyl sites for hydroxylation is 2. The second-order valence-corrected chi connectivity index (χ2v) is 7.21. The molecule has 2 N–H and O–H groups in total. The average molecular weight is 365 g/mol. The lowest BCUT2D eigenvalue weighted by Crippen LogP contribution is -2.47. The minimum Gasteiger partial charge on any atom is -0.362 e. The topological polar surface area (TPSA) is 61.4 Å². The normalized spacial score (nSPS) is 14.2. The highest BCUT2D eigenvalue weighted by Gasteiger charge is 2.19. The Hall–Kier alpha value is -2.82. The Balaban J connectivity index is 1.48. The van der Waals surface area contributed by atoms with Crippen LogP contribution in [0.25, 0.3) is 0 Å². The number of hydrazine groups is 1. The van der Waals surface area contributed by atoms with Crippen molar-refractivity contribution in [1.82, 2.24) is 10.9 Å². The molecule has 2 aromatic rings. The molecule has 5 heteroatoms. The van der Waals surface area contributed by atoms with Gasteiger partial charge in [-0.1, -0.05) is 49.4 Å². The van der Waals surface area contributed by atoms with E-state index < -0.39 is 0 Å². The molecule has 2 aromatic carbocycles. The van der Waals surface area contributed by atoms with Crippen molar-refractivity contribution < 1.29 is 9.59 Å². The van der Waals surface area contributed by atoms with Gasteiger partial charge in [-0.2, -0.15) is 0 Å². The van der Waals surface area contributed by atoms with E-state index in [2.05, 4.69) is 21.8 Å². The number of anilines is 1. The highest BCUT2D eigenvalue weighted by atomic mass is 16.2. The molecule has 0 bridgehead atoms. The van der Waals surface area contributed by atoms with Gasteiger partial charge < -0.3 is 4.90 Å². The summed E-state index contributed by atoms with van der Waals surface area (Å²) in [6.45, 7) is 5.16. The summed E-state index contributed by atoms with van der Waals surface area (Å²) in [7, 11) is 0. The fourth-order valence-electron chi connectivity index (χ4n) is 3.71. The lowest BCUT2D eigenvalue weighted by Gasteiger charge is -2.30. The molecule has 2 amide bonds. The minimum absolute atomic E-state index is 0.0945. The number of nitrogens with one attached hydrogen (secondary N) is 2. The van der Waals surface area contributed by atoms with Crippen molar-refractivity contribution in [2.24, 2.45) is 0 Å². The van der Waals surface area contributed by atoms with Crippen LogP contribution < -0.4 is 15.8 Å². The molecule has 1 aliphatic heterocycles. The van der Waals surface area contributed by atoms with E-state index in [-0.39, 0.29) is 24.3 Å². The zero-order chi connectivity index (χ0) is 19.2. The van der Waals surface area contributed by atoms with Gasteiger partial charge in [0.25, 0.3) is 5.91 Å². The van der Waals surface area contributed by atoms with E-state index in [0.29, 0.717) is 6.42 Å². The average Bonchev–Trinajstić information content (AvgIpc) is 2.67. The molecule has 1 heterocycles. The fraction of sp³-hybridized carbons (Fsp3) is 0.364. The molecular formula is C22H27N3O2. The van der Waals surface area contributed by atoms with Crippen LogP contribution in [-0.2, 0) is 16.0 Å². The molecule has 0 spiro atoms. The van der Waals surface area contributed by atoms with Crippen LogP contribution in [0.4, 0.5) is 5.69 Å². The number of nitrogens with zero attached hydrogens (tertiary/aromatic N) is 1. The van der Waals surface area contributed by atoms with Gasteiger partial charge in [0.05, 0.1) is 6.54 Å². The zero-order valence-electron chi connectivity index (χ0n) is 16.0. The molecule has 0 saturated carbocycles. The van der Waals surface area contributed by atoms with Crippen molar-refractivity contribution in [3.8, 4) is 0 Å². The molecule has 0 fully saturated rings. The van der Waals surface area contributed by atoms with Crippen molar-refractivity contribution in [2.45, 2.75) is 39.0 Å². The van der Waals surface area contributed by atoms with E-state index in [9.17, 15) is 9.59 Å². The van der Waals surface area contributed by atoms with Gasteiger partial charge in [-0.25, -0.2) is 0 Å². The molecule has 0 radical (unpaired) electrons. The van der Waals surface area contributed by atoms with Crippen molar-refractivity contribution >= 4 is 17.5 Å². The van der Waals surface area contributed by atoms with Gasteiger partial charge in [-0.15, -0.1) is 0 Å². The molecule has 0 aromatic heterocycles. The first kappa shape index (κ1) is 19.0. The van der Waals surface area contributed by atoms with E-state index in [0.717, 1.165) is 30.6 Å². The van der Waals surface area contributed by atoms with Gasteiger partial charge in [0.1, 0.15) is 0 Å². The largest absolute Gasteiger partial charge is 0.362 e. The number of fused-ring (bicyclic) bond motifs is 1. The first-order valence-electron chi connectivity index (χ1n) is 9.50. The Morgan fingerprint density at radius 3 is 2.56 bits per heavy atom. The Morgan fingerprint density at radius 1 is 1.04 bits per heavy atom. The quantitative estimate of drug-likeness (QED) is 0.801. The number of carbonyl (C=O) groups is 2. The third-order valence-corrected chi connectivity index (χ3v) is 5.09. The summed E-state index contributed by atoms with van der Waals surface area (Å²) in [5.41, 5.74) is 9.81. The third-order valence-electron chi connectivity index (χ3n) is 5.09. The van der Waals surface area contributed by atoms with Crippen molar-refractivity contribution in [3.05, 3.63) is 65.2 Å². The van der Waals surface area contributed by atoms with Crippen LogP contribution in [0, 0.1) is 6.92 Å². The maximum Gasteiger partial charge on any atom is 0.257 e. The summed E-state index contributed by atoms with van der Waals surface area (Å²) < 4.78 is 0. The summed E-state index contributed by atoms with van der Waals surface area (Å²) in [5.74, 6) is -0.293. The molecule has 0 aliphatic carbocycles. The van der Waals surface area contributed by atoms with Gasteiger partial charge >= 0.3 is 0 Å². The Labute approximate surface area is 160 Å². The number of carbonyl (C=O) groups excluding carboxylic acids is 2. The summed E-state index contributed by atoms with van der Waals surface area (Å²) in [5, 5.41) is 0. The van der Waals surface area contributed by atoms with Gasteiger partial charge in [0, 0.05) is 18.7 Å². The molecule has 1 aliphatic rings. The number of hydrogen-bond donors (Lipinski definition) is 2. The van der Waals surface area contributed by atoms with Crippen molar-refractivity contribution in [2.75, 3.05) is 18.0 Å². The highest BCUT2D eigenvalue weighted by Crippen LogP contribution is 2.26. The van der Waals surface area contributed by atoms with Crippen molar-refractivity contribution in [3.63, 3.8) is 0 Å². The summed E-state index contributed by atoms with van der Waals surface area (Å²) >= 11 is 0. The first-order chi connectivity index (χ1) is 13.0. The second-order valence-electron chi connectivity index (χ2n) is 7.21. The molecule has 3 rings (SSSR count). The molecule has 1 unspecified atom stereocenters. The van der Waals surface area contributed by atoms with Crippen LogP contribution in [0.5, 0.6) is 0 Å². The minimum atomic E-state index is -0.205. The Kier molecular flexibility index (Phi) is 6.12. The van der Waals surface area contributed by atoms with E-state index in [1.54, 1.807) is 0 Å². The number of benzene rings is 2. The summed E-state index contributed by atoms with van der Waals surface area (Å²) in [4.78, 5) is 26.5. The van der Waals surface area contributed by atoms with Crippen LogP contribution in [0.1, 0.15) is 42.4 Å². The van der Waals surface area contributed by atoms with Gasteiger partial charge in [-0.3, -0.25) is 20.4 Å². The monoisotopic (exact) mass is 365 g/mol. The number of hydrogen-bond acceptors (Lipinski definition) is 3. The summed E-state index contributed by atoms with van der Waals surface area (Å²) in [6.07, 6.45) is 2.41. The Morgan fingerprint density at radius 2 is 1.74 bits per heavy atom. The SMILES string of the molecule is Cc1ccccc1C(C)CC(=O)NNC(=O)CN1CCCc2ccccc21. The van der Waals surface area contributed by atoms with Crippen LogP contribution in [0.15, 0.2) is 48.5 Å². The third kappa shape index (κ3) is 4.88. The second kappa shape index (κ2) is 8.71. The molecule has 0 saturated heterocycles. The molecular weight excluding hydrogens is 338 g/mol. The smallest absolute Gasteiger partial charge is 0.257 e. The molecule has 142 valence electrons. The van der Waals surface area contributed by atoms with E-state index in [1.165, 1.54) is 11.1 Å². The predicted molar refractivity (Wildman–Crippen MR) is 107 cm³/mol. The standard InChI is InChI=1S/C22H27N3O2/c1-16-8-3-5-11-19(16)17(2)14-21(26)23-24-22(27)15-25-13-7-10-18-9-4-6-12-20(18)25/h3-6,8-9,11-12,17H,7,10,13-15H2,1-2H3,(H,23,26)(H,24,27). The maximum atomic E-state index is 12.3. The number of amides is 2. The lowest BCUT2D eigenvalue weighted by molar-refractivity contribution is -0.128. The Bertz CT molecular complexity index is 819. The molecule has 5 nitrogen and oxygen atoms in total. The van der Waals surface area contributed by atoms with Crippen LogP contribution in [0.2, 0.25) is 0 Å². The summed E-state index contributed by atoms with van der Waals surface area (Å²) in [6, 6.07) is 16.2. The first-order valence-corrected chi connectivity index (χ1v) is 9.50. The highest BCUT2D eigenvalue weighted by molar-refractivity contribution is 5.85. The maximum absolute atomic E-state index is 12.3. The number of para-hydroxylation sites is 1. The zero-order valence-corrected chi connectivity index (χ0v) is 16.0.